The highest BCUT2D eigenvalue weighted by Crippen LogP contribution is 2.21. The first-order chi connectivity index (χ1) is 10.7. The summed E-state index contributed by atoms with van der Waals surface area (Å²) in [5.74, 6) is -0.445. The quantitative estimate of drug-likeness (QED) is 0.779. The molecule has 22 heavy (non-hydrogen) atoms. The molecule has 0 aliphatic rings. The minimum Gasteiger partial charge on any atom is -0.494 e. The molecule has 0 aliphatic carbocycles. The van der Waals surface area contributed by atoms with E-state index in [-0.39, 0.29) is 5.75 Å². The number of anilines is 2. The Morgan fingerprint density at radius 3 is 2.95 bits per heavy atom. The van der Waals surface area contributed by atoms with Crippen LogP contribution in [0.1, 0.15) is 0 Å². The fraction of sp³-hybridized carbons (Fsp3) is 0.0714. The van der Waals surface area contributed by atoms with Crippen LogP contribution in [0.15, 0.2) is 42.9 Å². The van der Waals surface area contributed by atoms with Crippen LogP contribution in [0, 0.1) is 5.82 Å². The highest BCUT2D eigenvalue weighted by Gasteiger charge is 2.09. The molecule has 7 nitrogen and oxygen atoms in total. The van der Waals surface area contributed by atoms with Gasteiger partial charge in [0.25, 0.3) is 0 Å². The SMILES string of the molecule is COc1ccc(NC(=O)Nc2cccn3cnnc23)cc1F. The molecule has 1 aromatic carbocycles. The number of benzene rings is 1. The minimum absolute atomic E-state index is 0.110. The van der Waals surface area contributed by atoms with E-state index in [4.69, 9.17) is 4.74 Å². The van der Waals surface area contributed by atoms with Crippen LogP contribution in [0.3, 0.4) is 0 Å². The molecule has 3 rings (SSSR count). The van der Waals surface area contributed by atoms with Gasteiger partial charge in [0.2, 0.25) is 0 Å². The normalized spacial score (nSPS) is 10.5. The lowest BCUT2D eigenvalue weighted by Crippen LogP contribution is -2.20. The Bertz CT molecular complexity index is 833. The molecule has 0 spiro atoms. The lowest BCUT2D eigenvalue weighted by molar-refractivity contribution is 0.262. The Morgan fingerprint density at radius 2 is 2.18 bits per heavy atom. The van der Waals surface area contributed by atoms with Crippen molar-refractivity contribution in [3.8, 4) is 5.75 Å². The van der Waals surface area contributed by atoms with Crippen molar-refractivity contribution >= 4 is 23.1 Å². The van der Waals surface area contributed by atoms with Crippen molar-refractivity contribution in [2.75, 3.05) is 17.7 Å². The predicted molar refractivity (Wildman–Crippen MR) is 78.6 cm³/mol. The van der Waals surface area contributed by atoms with Gasteiger partial charge in [-0.3, -0.25) is 4.40 Å². The second kappa shape index (κ2) is 5.68. The average Bonchev–Trinajstić information content (AvgIpc) is 2.97. The van der Waals surface area contributed by atoms with Crippen LogP contribution in [-0.2, 0) is 0 Å². The van der Waals surface area contributed by atoms with Crippen LogP contribution in [0.25, 0.3) is 5.65 Å². The van der Waals surface area contributed by atoms with E-state index in [2.05, 4.69) is 20.8 Å². The van der Waals surface area contributed by atoms with Crippen LogP contribution in [0.4, 0.5) is 20.6 Å². The molecule has 3 aromatic rings. The molecule has 2 N–H and O–H groups in total. The largest absolute Gasteiger partial charge is 0.494 e. The molecule has 0 unspecified atom stereocenters. The van der Waals surface area contributed by atoms with Crippen LogP contribution >= 0.6 is 0 Å². The first-order valence-corrected chi connectivity index (χ1v) is 6.37. The maximum absolute atomic E-state index is 13.6. The fourth-order valence-corrected chi connectivity index (χ4v) is 1.98. The number of aromatic nitrogens is 3. The number of fused-ring (bicyclic) bond motifs is 1. The molecule has 0 saturated carbocycles. The minimum atomic E-state index is -0.556. The number of halogens is 1. The molecule has 0 saturated heterocycles. The van der Waals surface area contributed by atoms with Crippen molar-refractivity contribution < 1.29 is 13.9 Å². The molecule has 0 fully saturated rings. The zero-order chi connectivity index (χ0) is 15.5. The van der Waals surface area contributed by atoms with Gasteiger partial charge in [-0.25, -0.2) is 9.18 Å². The van der Waals surface area contributed by atoms with Crippen molar-refractivity contribution in [3.63, 3.8) is 0 Å². The topological polar surface area (TPSA) is 80.5 Å². The first kappa shape index (κ1) is 13.8. The summed E-state index contributed by atoms with van der Waals surface area (Å²) in [4.78, 5) is 12.0. The molecule has 0 radical (unpaired) electrons. The number of amides is 2. The van der Waals surface area contributed by atoms with Gasteiger partial charge in [-0.15, -0.1) is 10.2 Å². The number of urea groups is 1. The van der Waals surface area contributed by atoms with E-state index in [0.29, 0.717) is 17.0 Å². The number of carbonyl (C=O) groups excluding carboxylic acids is 1. The van der Waals surface area contributed by atoms with Crippen molar-refractivity contribution in [3.05, 3.63) is 48.7 Å². The summed E-state index contributed by atoms with van der Waals surface area (Å²) < 4.78 is 20.1. The third kappa shape index (κ3) is 2.66. The molecule has 2 amide bonds. The number of hydrogen-bond acceptors (Lipinski definition) is 4. The highest BCUT2D eigenvalue weighted by molar-refractivity contribution is 6.01. The summed E-state index contributed by atoms with van der Waals surface area (Å²) >= 11 is 0. The molecule has 2 aromatic heterocycles. The van der Waals surface area contributed by atoms with Crippen LogP contribution < -0.4 is 15.4 Å². The van der Waals surface area contributed by atoms with Gasteiger partial charge in [0.1, 0.15) is 6.33 Å². The number of rotatable bonds is 3. The molecule has 0 bridgehead atoms. The summed E-state index contributed by atoms with van der Waals surface area (Å²) in [7, 11) is 1.37. The molecule has 0 atom stereocenters. The Kier molecular flexibility index (Phi) is 3.57. The van der Waals surface area contributed by atoms with E-state index < -0.39 is 11.8 Å². The van der Waals surface area contributed by atoms with Gasteiger partial charge in [-0.1, -0.05) is 0 Å². The lowest BCUT2D eigenvalue weighted by Gasteiger charge is -2.09. The Balaban J connectivity index is 1.75. The third-order valence-electron chi connectivity index (χ3n) is 2.98. The summed E-state index contributed by atoms with van der Waals surface area (Å²) in [5.41, 5.74) is 1.31. The maximum Gasteiger partial charge on any atom is 0.323 e. The number of nitrogens with zero attached hydrogens (tertiary/aromatic N) is 3. The van der Waals surface area contributed by atoms with Gasteiger partial charge in [-0.2, -0.15) is 0 Å². The number of methoxy groups -OCH3 is 1. The van der Waals surface area contributed by atoms with Gasteiger partial charge >= 0.3 is 6.03 Å². The number of nitrogens with one attached hydrogen (secondary N) is 2. The average molecular weight is 301 g/mol. The summed E-state index contributed by atoms with van der Waals surface area (Å²) in [5, 5.41) is 12.8. The Labute approximate surface area is 124 Å². The second-order valence-electron chi connectivity index (χ2n) is 4.41. The van der Waals surface area contributed by atoms with Crippen molar-refractivity contribution in [2.45, 2.75) is 0 Å². The molecular formula is C14H12FN5O2. The van der Waals surface area contributed by atoms with Gasteiger partial charge in [0.15, 0.2) is 17.2 Å². The van der Waals surface area contributed by atoms with Gasteiger partial charge in [0.05, 0.1) is 12.8 Å². The zero-order valence-electron chi connectivity index (χ0n) is 11.6. The molecular weight excluding hydrogens is 289 g/mol. The van der Waals surface area contributed by atoms with Crippen molar-refractivity contribution in [1.82, 2.24) is 14.6 Å². The Morgan fingerprint density at radius 1 is 1.32 bits per heavy atom. The van der Waals surface area contributed by atoms with Gasteiger partial charge in [0, 0.05) is 18.0 Å². The van der Waals surface area contributed by atoms with E-state index in [0.717, 1.165) is 0 Å². The van der Waals surface area contributed by atoms with E-state index in [9.17, 15) is 9.18 Å². The van der Waals surface area contributed by atoms with E-state index in [1.165, 1.54) is 25.6 Å². The number of pyridine rings is 1. The molecule has 112 valence electrons. The van der Waals surface area contributed by atoms with Gasteiger partial charge < -0.3 is 15.4 Å². The van der Waals surface area contributed by atoms with E-state index in [1.807, 2.05) is 0 Å². The number of hydrogen-bond donors (Lipinski definition) is 2. The summed E-state index contributed by atoms with van der Waals surface area (Å²) in [6.45, 7) is 0. The third-order valence-corrected chi connectivity index (χ3v) is 2.98. The van der Waals surface area contributed by atoms with E-state index in [1.54, 1.807) is 28.8 Å². The van der Waals surface area contributed by atoms with Crippen molar-refractivity contribution in [2.24, 2.45) is 0 Å². The number of ether oxygens (including phenoxy) is 1. The summed E-state index contributed by atoms with van der Waals surface area (Å²) in [6.07, 6.45) is 3.29. The number of carbonyl (C=O) groups is 1. The lowest BCUT2D eigenvalue weighted by atomic mass is 10.3. The smallest absolute Gasteiger partial charge is 0.323 e. The first-order valence-electron chi connectivity index (χ1n) is 6.37. The highest BCUT2D eigenvalue weighted by atomic mass is 19.1. The zero-order valence-corrected chi connectivity index (χ0v) is 11.6. The molecule has 8 heteroatoms. The molecule has 2 heterocycles. The maximum atomic E-state index is 13.6. The summed E-state index contributed by atoms with van der Waals surface area (Å²) in [6, 6.07) is 7.08. The second-order valence-corrected chi connectivity index (χ2v) is 4.41. The van der Waals surface area contributed by atoms with Crippen LogP contribution in [0.5, 0.6) is 5.75 Å². The van der Waals surface area contributed by atoms with Crippen molar-refractivity contribution in [1.29, 1.82) is 0 Å². The van der Waals surface area contributed by atoms with Crippen LogP contribution in [-0.4, -0.2) is 27.7 Å². The fourth-order valence-electron chi connectivity index (χ4n) is 1.98. The monoisotopic (exact) mass is 301 g/mol. The van der Waals surface area contributed by atoms with Crippen LogP contribution in [0.2, 0.25) is 0 Å². The Hall–Kier alpha value is -3.16. The molecule has 0 aliphatic heterocycles. The van der Waals surface area contributed by atoms with Gasteiger partial charge in [-0.05, 0) is 24.3 Å². The standard InChI is InChI=1S/C14H12FN5O2/c1-22-12-5-4-9(7-10(12)15)17-14(21)18-11-3-2-6-20-8-16-19-13(11)20/h2-8H,1H3,(H2,17,18,21). The predicted octanol–water partition coefficient (Wildman–Crippen LogP) is 2.52. The van der Waals surface area contributed by atoms with E-state index >= 15 is 0 Å².